The molecule has 1 aliphatic heterocycles. The molecule has 1 saturated heterocycles. The second-order valence-corrected chi connectivity index (χ2v) is 8.17. The van der Waals surface area contributed by atoms with Crippen molar-refractivity contribution in [2.24, 2.45) is 17.8 Å². The van der Waals surface area contributed by atoms with E-state index >= 15 is 0 Å². The number of ether oxygens (including phenoxy) is 2. The number of anilines is 1. The van der Waals surface area contributed by atoms with Gasteiger partial charge in [0.25, 0.3) is 5.91 Å². The molecule has 1 heterocycles. The number of carbonyl (C=O) groups excluding carboxylic acids is 3. The average molecular weight is 402 g/mol. The number of methoxy groups -OCH3 is 1. The van der Waals surface area contributed by atoms with E-state index in [4.69, 9.17) is 9.47 Å². The molecular formula is C22H30N2O5. The SMILES string of the molecule is COc1ccc(NC(=O)COC(=O)[C@@H]2CC(=O)N([C@@H]3CCC[C@@H](C)[C@H]3C)C2)cc1. The van der Waals surface area contributed by atoms with Crippen LogP contribution in [0.4, 0.5) is 5.69 Å². The number of esters is 1. The lowest BCUT2D eigenvalue weighted by Crippen LogP contribution is -2.45. The molecule has 1 saturated carbocycles. The molecule has 7 nitrogen and oxygen atoms in total. The summed E-state index contributed by atoms with van der Waals surface area (Å²) in [6.07, 6.45) is 3.45. The molecule has 0 spiro atoms. The minimum Gasteiger partial charge on any atom is -0.497 e. The highest BCUT2D eigenvalue weighted by Crippen LogP contribution is 2.35. The van der Waals surface area contributed by atoms with Crippen molar-refractivity contribution in [1.29, 1.82) is 0 Å². The molecule has 3 rings (SSSR count). The van der Waals surface area contributed by atoms with Gasteiger partial charge >= 0.3 is 5.97 Å². The molecule has 2 aliphatic rings. The summed E-state index contributed by atoms with van der Waals surface area (Å²) in [7, 11) is 1.57. The number of benzene rings is 1. The number of carbonyl (C=O) groups is 3. The highest BCUT2D eigenvalue weighted by molar-refractivity contribution is 5.93. The Morgan fingerprint density at radius 3 is 2.59 bits per heavy atom. The van der Waals surface area contributed by atoms with Crippen LogP contribution in [0.1, 0.15) is 39.5 Å². The zero-order valence-corrected chi connectivity index (χ0v) is 17.3. The van der Waals surface area contributed by atoms with Gasteiger partial charge in [-0.3, -0.25) is 14.4 Å². The largest absolute Gasteiger partial charge is 0.497 e. The average Bonchev–Trinajstić information content (AvgIpc) is 3.10. The zero-order chi connectivity index (χ0) is 21.0. The highest BCUT2D eigenvalue weighted by atomic mass is 16.5. The van der Waals surface area contributed by atoms with Gasteiger partial charge in [-0.25, -0.2) is 0 Å². The minimum atomic E-state index is -0.499. The molecule has 158 valence electrons. The highest BCUT2D eigenvalue weighted by Gasteiger charge is 2.42. The smallest absolute Gasteiger partial charge is 0.311 e. The van der Waals surface area contributed by atoms with E-state index in [0.29, 0.717) is 29.8 Å². The van der Waals surface area contributed by atoms with Gasteiger partial charge in [0.05, 0.1) is 13.0 Å². The summed E-state index contributed by atoms with van der Waals surface area (Å²) in [4.78, 5) is 38.8. The molecule has 7 heteroatoms. The summed E-state index contributed by atoms with van der Waals surface area (Å²) in [5, 5.41) is 2.67. The summed E-state index contributed by atoms with van der Waals surface area (Å²) < 4.78 is 10.3. The van der Waals surface area contributed by atoms with Crippen LogP contribution in [0.15, 0.2) is 24.3 Å². The van der Waals surface area contributed by atoms with E-state index in [1.165, 1.54) is 6.42 Å². The van der Waals surface area contributed by atoms with Gasteiger partial charge in [-0.2, -0.15) is 0 Å². The first-order chi connectivity index (χ1) is 13.9. The summed E-state index contributed by atoms with van der Waals surface area (Å²) in [6.45, 7) is 4.44. The van der Waals surface area contributed by atoms with Gasteiger partial charge in [0.1, 0.15) is 5.75 Å². The van der Waals surface area contributed by atoms with Crippen LogP contribution in [0.3, 0.4) is 0 Å². The molecule has 2 amide bonds. The Kier molecular flexibility index (Phi) is 6.77. The molecule has 1 aliphatic carbocycles. The zero-order valence-electron chi connectivity index (χ0n) is 17.3. The van der Waals surface area contributed by atoms with Gasteiger partial charge in [-0.15, -0.1) is 0 Å². The van der Waals surface area contributed by atoms with E-state index in [1.54, 1.807) is 31.4 Å². The number of likely N-dealkylation sites (tertiary alicyclic amines) is 1. The lowest BCUT2D eigenvalue weighted by molar-refractivity contribution is -0.151. The third kappa shape index (κ3) is 5.08. The molecule has 1 N–H and O–H groups in total. The number of nitrogens with one attached hydrogen (secondary N) is 1. The van der Waals surface area contributed by atoms with Gasteiger partial charge < -0.3 is 19.7 Å². The summed E-state index contributed by atoms with van der Waals surface area (Å²) in [6, 6.07) is 7.07. The Hall–Kier alpha value is -2.57. The van der Waals surface area contributed by atoms with E-state index in [9.17, 15) is 14.4 Å². The van der Waals surface area contributed by atoms with Gasteiger partial charge in [0.15, 0.2) is 6.61 Å². The molecule has 0 aromatic heterocycles. The summed E-state index contributed by atoms with van der Waals surface area (Å²) >= 11 is 0. The second-order valence-electron chi connectivity index (χ2n) is 8.17. The molecule has 4 atom stereocenters. The molecule has 0 bridgehead atoms. The van der Waals surface area contributed by atoms with Crippen molar-refractivity contribution in [3.63, 3.8) is 0 Å². The second kappa shape index (κ2) is 9.29. The number of hydrogen-bond acceptors (Lipinski definition) is 5. The van der Waals surface area contributed by atoms with Crippen LogP contribution in [0.2, 0.25) is 0 Å². The first kappa shape index (κ1) is 21.1. The van der Waals surface area contributed by atoms with Crippen molar-refractivity contribution >= 4 is 23.5 Å². The predicted octanol–water partition coefficient (Wildman–Crippen LogP) is 2.85. The van der Waals surface area contributed by atoms with Gasteiger partial charge in [-0.1, -0.05) is 26.7 Å². The minimum absolute atomic E-state index is 0.0144. The van der Waals surface area contributed by atoms with Gasteiger partial charge in [0, 0.05) is 24.7 Å². The number of rotatable bonds is 6. The summed E-state index contributed by atoms with van der Waals surface area (Å²) in [5.41, 5.74) is 0.592. The van der Waals surface area contributed by atoms with Crippen molar-refractivity contribution in [3.8, 4) is 5.75 Å². The third-order valence-electron chi connectivity index (χ3n) is 6.28. The molecule has 1 aromatic rings. The standard InChI is InChI=1S/C22H30N2O5/c1-14-5-4-6-19(15(14)2)24-12-16(11-21(24)26)22(27)29-13-20(25)23-17-7-9-18(28-3)10-8-17/h7-10,14-16,19H,4-6,11-13H2,1-3H3,(H,23,25)/t14-,15-,16-,19-/m1/s1. The number of amides is 2. The van der Waals surface area contributed by atoms with Crippen LogP contribution >= 0.6 is 0 Å². The van der Waals surface area contributed by atoms with E-state index < -0.39 is 17.8 Å². The van der Waals surface area contributed by atoms with Crippen molar-refractivity contribution in [2.45, 2.75) is 45.6 Å². The normalized spacial score (nSPS) is 26.9. The molecular weight excluding hydrogens is 372 g/mol. The summed E-state index contributed by atoms with van der Waals surface area (Å²) in [5.74, 6) is 0.307. The maximum absolute atomic E-state index is 12.5. The van der Waals surface area contributed by atoms with Crippen LogP contribution in [-0.2, 0) is 19.1 Å². The monoisotopic (exact) mass is 402 g/mol. The van der Waals surface area contributed by atoms with Crippen molar-refractivity contribution in [1.82, 2.24) is 4.90 Å². The quantitative estimate of drug-likeness (QED) is 0.740. The Labute approximate surface area is 171 Å². The fraction of sp³-hybridized carbons (Fsp3) is 0.591. The Morgan fingerprint density at radius 2 is 1.90 bits per heavy atom. The van der Waals surface area contributed by atoms with E-state index in [0.717, 1.165) is 12.8 Å². The Balaban J connectivity index is 1.48. The van der Waals surface area contributed by atoms with E-state index in [1.807, 2.05) is 4.90 Å². The van der Waals surface area contributed by atoms with Crippen molar-refractivity contribution in [2.75, 3.05) is 25.6 Å². The third-order valence-corrected chi connectivity index (χ3v) is 6.28. The lowest BCUT2D eigenvalue weighted by atomic mass is 9.77. The van der Waals surface area contributed by atoms with Gasteiger partial charge in [-0.05, 0) is 42.5 Å². The lowest BCUT2D eigenvalue weighted by Gasteiger charge is -2.39. The molecule has 0 unspecified atom stereocenters. The first-order valence-corrected chi connectivity index (χ1v) is 10.3. The van der Waals surface area contributed by atoms with Crippen molar-refractivity contribution < 1.29 is 23.9 Å². The van der Waals surface area contributed by atoms with Crippen LogP contribution < -0.4 is 10.1 Å². The fourth-order valence-corrected chi connectivity index (χ4v) is 4.33. The first-order valence-electron chi connectivity index (χ1n) is 10.3. The maximum atomic E-state index is 12.5. The topological polar surface area (TPSA) is 84.9 Å². The predicted molar refractivity (Wildman–Crippen MR) is 108 cm³/mol. The van der Waals surface area contributed by atoms with Crippen LogP contribution in [0.25, 0.3) is 0 Å². The molecule has 2 fully saturated rings. The van der Waals surface area contributed by atoms with Crippen LogP contribution in [0.5, 0.6) is 5.75 Å². The van der Waals surface area contributed by atoms with Crippen molar-refractivity contribution in [3.05, 3.63) is 24.3 Å². The fourth-order valence-electron chi connectivity index (χ4n) is 4.33. The Morgan fingerprint density at radius 1 is 1.17 bits per heavy atom. The van der Waals surface area contributed by atoms with Crippen LogP contribution in [-0.4, -0.2) is 49.0 Å². The molecule has 29 heavy (non-hydrogen) atoms. The van der Waals surface area contributed by atoms with E-state index in [2.05, 4.69) is 19.2 Å². The van der Waals surface area contributed by atoms with E-state index in [-0.39, 0.29) is 25.0 Å². The number of nitrogens with zero attached hydrogens (tertiary/aromatic N) is 1. The molecule has 1 aromatic carbocycles. The Bertz CT molecular complexity index is 748. The van der Waals surface area contributed by atoms with Crippen LogP contribution in [0, 0.1) is 17.8 Å². The number of hydrogen-bond donors (Lipinski definition) is 1. The molecule has 0 radical (unpaired) electrons. The maximum Gasteiger partial charge on any atom is 0.311 e. The van der Waals surface area contributed by atoms with Gasteiger partial charge in [0.2, 0.25) is 5.91 Å².